The van der Waals surface area contributed by atoms with E-state index in [9.17, 15) is 5.11 Å². The lowest BCUT2D eigenvalue weighted by Gasteiger charge is -2.40. The number of β-amino-alcohol motifs (C(OH)–C–C–N with tert-alkyl or cyclic N) is 1. The maximum Gasteiger partial charge on any atom is 0.119 e. The molecule has 2 heterocycles. The predicted octanol–water partition coefficient (Wildman–Crippen LogP) is 2.21. The number of nitrogens with zero attached hydrogens (tertiary/aromatic N) is 3. The Bertz CT molecular complexity index is 624. The van der Waals surface area contributed by atoms with Crippen LogP contribution in [-0.4, -0.2) is 97.6 Å². The molecule has 6 heteroatoms. The third-order valence-electron chi connectivity index (χ3n) is 6.82. The number of hydrogen-bond acceptors (Lipinski definition) is 6. The van der Waals surface area contributed by atoms with Crippen molar-refractivity contribution in [1.82, 2.24) is 14.7 Å². The SMILES string of the molecule is O[C@@H](COc1cccc(CN2CCN(C3CCCCC3)CC2)c1)CN1CCOCC1. The average Bonchev–Trinajstić information content (AvgIpc) is 2.80. The van der Waals surface area contributed by atoms with Gasteiger partial charge in [0.15, 0.2) is 0 Å². The zero-order valence-electron chi connectivity index (χ0n) is 18.4. The van der Waals surface area contributed by atoms with Crippen LogP contribution in [0, 0.1) is 0 Å². The first-order valence-electron chi connectivity index (χ1n) is 11.9. The zero-order valence-corrected chi connectivity index (χ0v) is 18.4. The largest absolute Gasteiger partial charge is 0.491 e. The molecule has 2 saturated heterocycles. The Morgan fingerprint density at radius 2 is 1.73 bits per heavy atom. The molecule has 6 nitrogen and oxygen atoms in total. The Labute approximate surface area is 181 Å². The Morgan fingerprint density at radius 3 is 2.50 bits per heavy atom. The Kier molecular flexibility index (Phi) is 8.40. The van der Waals surface area contributed by atoms with Gasteiger partial charge in [0.25, 0.3) is 0 Å². The highest BCUT2D eigenvalue weighted by Gasteiger charge is 2.25. The maximum atomic E-state index is 10.3. The first-order valence-corrected chi connectivity index (χ1v) is 11.9. The minimum absolute atomic E-state index is 0.334. The van der Waals surface area contributed by atoms with Crippen LogP contribution >= 0.6 is 0 Å². The summed E-state index contributed by atoms with van der Waals surface area (Å²) in [5.41, 5.74) is 1.29. The second-order valence-corrected chi connectivity index (χ2v) is 9.13. The van der Waals surface area contributed by atoms with Gasteiger partial charge < -0.3 is 14.6 Å². The van der Waals surface area contributed by atoms with Crippen LogP contribution in [0.4, 0.5) is 0 Å². The second kappa shape index (κ2) is 11.4. The van der Waals surface area contributed by atoms with E-state index in [1.807, 2.05) is 6.07 Å². The molecule has 0 bridgehead atoms. The van der Waals surface area contributed by atoms with Gasteiger partial charge in [-0.25, -0.2) is 0 Å². The monoisotopic (exact) mass is 417 g/mol. The van der Waals surface area contributed by atoms with Gasteiger partial charge in [-0.1, -0.05) is 31.4 Å². The molecule has 0 spiro atoms. The maximum absolute atomic E-state index is 10.3. The van der Waals surface area contributed by atoms with Crippen LogP contribution < -0.4 is 4.74 Å². The molecule has 1 aromatic carbocycles. The quantitative estimate of drug-likeness (QED) is 0.700. The molecule has 0 aromatic heterocycles. The van der Waals surface area contributed by atoms with Crippen LogP contribution in [0.3, 0.4) is 0 Å². The molecule has 3 aliphatic rings. The lowest BCUT2D eigenvalue weighted by atomic mass is 9.94. The van der Waals surface area contributed by atoms with E-state index < -0.39 is 6.10 Å². The summed E-state index contributed by atoms with van der Waals surface area (Å²) in [6.07, 6.45) is 6.59. The lowest BCUT2D eigenvalue weighted by Crippen LogP contribution is -2.50. The number of hydrogen-bond donors (Lipinski definition) is 1. The summed E-state index contributed by atoms with van der Waals surface area (Å²) in [5, 5.41) is 10.3. The molecule has 1 atom stereocenters. The highest BCUT2D eigenvalue weighted by molar-refractivity contribution is 5.28. The first-order chi connectivity index (χ1) is 14.8. The number of piperazine rings is 1. The highest BCUT2D eigenvalue weighted by atomic mass is 16.5. The molecule has 0 unspecified atom stereocenters. The number of ether oxygens (including phenoxy) is 2. The standard InChI is InChI=1S/C24H39N3O3/c28-23(19-26-13-15-29-16-14-26)20-30-24-8-4-5-21(17-24)18-25-9-11-27(12-10-25)22-6-2-1-3-7-22/h4-5,8,17,22-23,28H,1-3,6-7,9-16,18-20H2/t23-/m1/s1. The van der Waals surface area contributed by atoms with Crippen LogP contribution in [0.1, 0.15) is 37.7 Å². The fraction of sp³-hybridized carbons (Fsp3) is 0.750. The zero-order chi connectivity index (χ0) is 20.6. The smallest absolute Gasteiger partial charge is 0.119 e. The number of aliphatic hydroxyl groups excluding tert-OH is 1. The fourth-order valence-corrected chi connectivity index (χ4v) is 5.05. The topological polar surface area (TPSA) is 48.4 Å². The molecule has 30 heavy (non-hydrogen) atoms. The molecule has 0 radical (unpaired) electrons. The van der Waals surface area contributed by atoms with E-state index in [2.05, 4.69) is 32.9 Å². The highest BCUT2D eigenvalue weighted by Crippen LogP contribution is 2.24. The van der Waals surface area contributed by atoms with Crippen molar-refractivity contribution in [2.45, 2.75) is 50.8 Å². The van der Waals surface area contributed by atoms with E-state index in [4.69, 9.17) is 9.47 Å². The lowest BCUT2D eigenvalue weighted by molar-refractivity contribution is 0.00464. The van der Waals surface area contributed by atoms with Crippen molar-refractivity contribution in [3.05, 3.63) is 29.8 Å². The van der Waals surface area contributed by atoms with Gasteiger partial charge >= 0.3 is 0 Å². The number of aliphatic hydroxyl groups is 1. The third kappa shape index (κ3) is 6.66. The number of rotatable bonds is 8. The molecular weight excluding hydrogens is 378 g/mol. The van der Waals surface area contributed by atoms with Crippen molar-refractivity contribution in [3.63, 3.8) is 0 Å². The number of morpholine rings is 1. The van der Waals surface area contributed by atoms with Crippen molar-refractivity contribution < 1.29 is 14.6 Å². The van der Waals surface area contributed by atoms with Crippen LogP contribution in [0.15, 0.2) is 24.3 Å². The summed E-state index contributed by atoms with van der Waals surface area (Å²) in [6, 6.07) is 9.21. The Balaban J connectivity index is 1.19. The molecule has 1 aromatic rings. The molecule has 1 N–H and O–H groups in total. The summed E-state index contributed by atoms with van der Waals surface area (Å²) in [4.78, 5) is 7.53. The van der Waals surface area contributed by atoms with Gasteiger partial charge in [-0.05, 0) is 30.5 Å². The molecule has 168 valence electrons. The summed E-state index contributed by atoms with van der Waals surface area (Å²) in [7, 11) is 0. The van der Waals surface area contributed by atoms with Crippen LogP contribution in [0.5, 0.6) is 5.75 Å². The molecule has 1 saturated carbocycles. The molecule has 1 aliphatic carbocycles. The van der Waals surface area contributed by atoms with E-state index in [-0.39, 0.29) is 0 Å². The molecule has 4 rings (SSSR count). The van der Waals surface area contributed by atoms with Gasteiger partial charge in [-0.2, -0.15) is 0 Å². The molecule has 3 fully saturated rings. The normalized spacial score (nSPS) is 24.0. The van der Waals surface area contributed by atoms with E-state index in [1.165, 1.54) is 50.8 Å². The van der Waals surface area contributed by atoms with Crippen molar-refractivity contribution >= 4 is 0 Å². The van der Waals surface area contributed by atoms with Crippen molar-refractivity contribution in [3.8, 4) is 5.75 Å². The molecule has 0 amide bonds. The van der Waals surface area contributed by atoms with Crippen LogP contribution in [0.2, 0.25) is 0 Å². The summed E-state index contributed by atoms with van der Waals surface area (Å²) in [6.45, 7) is 9.96. The van der Waals surface area contributed by atoms with Crippen molar-refractivity contribution in [2.75, 3.05) is 65.6 Å². The predicted molar refractivity (Wildman–Crippen MR) is 119 cm³/mol. The first kappa shape index (κ1) is 22.0. The third-order valence-corrected chi connectivity index (χ3v) is 6.82. The van der Waals surface area contributed by atoms with E-state index in [0.29, 0.717) is 13.2 Å². The minimum atomic E-state index is -0.473. The summed E-state index contributed by atoms with van der Waals surface area (Å²) < 4.78 is 11.3. The van der Waals surface area contributed by atoms with Crippen molar-refractivity contribution in [2.24, 2.45) is 0 Å². The average molecular weight is 418 g/mol. The van der Waals surface area contributed by atoms with Gasteiger partial charge in [0.1, 0.15) is 18.5 Å². The van der Waals surface area contributed by atoms with E-state index in [0.717, 1.165) is 57.7 Å². The summed E-state index contributed by atoms with van der Waals surface area (Å²) in [5.74, 6) is 0.856. The molecular formula is C24H39N3O3. The van der Waals surface area contributed by atoms with E-state index in [1.54, 1.807) is 0 Å². The molecule has 2 aliphatic heterocycles. The Hall–Kier alpha value is -1.18. The van der Waals surface area contributed by atoms with Crippen LogP contribution in [-0.2, 0) is 11.3 Å². The fourth-order valence-electron chi connectivity index (χ4n) is 5.05. The second-order valence-electron chi connectivity index (χ2n) is 9.13. The van der Waals surface area contributed by atoms with Gasteiger partial charge in [0, 0.05) is 58.4 Å². The summed E-state index contributed by atoms with van der Waals surface area (Å²) >= 11 is 0. The van der Waals surface area contributed by atoms with Gasteiger partial charge in [-0.3, -0.25) is 14.7 Å². The van der Waals surface area contributed by atoms with Gasteiger partial charge in [0.2, 0.25) is 0 Å². The number of benzene rings is 1. The Morgan fingerprint density at radius 1 is 0.967 bits per heavy atom. The minimum Gasteiger partial charge on any atom is -0.491 e. The van der Waals surface area contributed by atoms with Gasteiger partial charge in [0.05, 0.1) is 13.2 Å². The van der Waals surface area contributed by atoms with Crippen molar-refractivity contribution in [1.29, 1.82) is 0 Å². The van der Waals surface area contributed by atoms with Gasteiger partial charge in [-0.15, -0.1) is 0 Å². The van der Waals surface area contributed by atoms with Crippen LogP contribution in [0.25, 0.3) is 0 Å². The van der Waals surface area contributed by atoms with E-state index >= 15 is 0 Å².